The number of hydrogen-bond acceptors (Lipinski definition) is 3. The van der Waals surface area contributed by atoms with Crippen molar-refractivity contribution in [2.45, 2.75) is 0 Å². The standard InChI is InChI=1S/C15H10ClN3OS/c16-10-5-7-11(8-6-10)18-15(21)19-9-17-13-4-2-1-3-12(13)14(19)20/h1-9H,(H,18,21). The number of rotatable bonds is 1. The average Bonchev–Trinajstić information content (AvgIpc) is 2.50. The van der Waals surface area contributed by atoms with Gasteiger partial charge in [0.05, 0.1) is 10.9 Å². The van der Waals surface area contributed by atoms with Gasteiger partial charge in [-0.3, -0.25) is 4.79 Å². The molecular weight excluding hydrogens is 306 g/mol. The summed E-state index contributed by atoms with van der Waals surface area (Å²) in [5.41, 5.74) is 1.20. The fourth-order valence-corrected chi connectivity index (χ4v) is 2.30. The molecule has 0 unspecified atom stereocenters. The first-order chi connectivity index (χ1) is 10.1. The zero-order chi connectivity index (χ0) is 14.8. The predicted molar refractivity (Wildman–Crippen MR) is 89.1 cm³/mol. The lowest BCUT2D eigenvalue weighted by Gasteiger charge is -2.10. The van der Waals surface area contributed by atoms with Crippen molar-refractivity contribution in [2.75, 3.05) is 5.32 Å². The second-order valence-electron chi connectivity index (χ2n) is 4.37. The van der Waals surface area contributed by atoms with Crippen LogP contribution in [0.3, 0.4) is 0 Å². The molecular formula is C15H10ClN3OS. The molecule has 3 aromatic rings. The van der Waals surface area contributed by atoms with E-state index in [1.165, 1.54) is 10.9 Å². The molecule has 0 amide bonds. The van der Waals surface area contributed by atoms with Crippen molar-refractivity contribution in [3.63, 3.8) is 0 Å². The van der Waals surface area contributed by atoms with Gasteiger partial charge in [0.15, 0.2) is 5.11 Å². The van der Waals surface area contributed by atoms with E-state index in [2.05, 4.69) is 10.3 Å². The monoisotopic (exact) mass is 315 g/mol. The summed E-state index contributed by atoms with van der Waals surface area (Å²) in [6.07, 6.45) is 1.43. The number of fused-ring (bicyclic) bond motifs is 1. The molecule has 104 valence electrons. The highest BCUT2D eigenvalue weighted by Gasteiger charge is 2.07. The highest BCUT2D eigenvalue weighted by atomic mass is 35.5. The Balaban J connectivity index is 1.96. The Morgan fingerprint density at radius 1 is 1.14 bits per heavy atom. The molecule has 1 heterocycles. The van der Waals surface area contributed by atoms with Crippen LogP contribution in [-0.2, 0) is 0 Å². The molecule has 21 heavy (non-hydrogen) atoms. The largest absolute Gasteiger partial charge is 0.332 e. The topological polar surface area (TPSA) is 46.9 Å². The second-order valence-corrected chi connectivity index (χ2v) is 5.20. The molecule has 1 aromatic heterocycles. The quantitative estimate of drug-likeness (QED) is 0.700. The van der Waals surface area contributed by atoms with Crippen molar-refractivity contribution in [3.8, 4) is 0 Å². The number of anilines is 1. The molecule has 0 aliphatic rings. The molecule has 0 saturated carbocycles. The molecule has 0 radical (unpaired) electrons. The smallest absolute Gasteiger partial charge is 0.267 e. The van der Waals surface area contributed by atoms with Gasteiger partial charge in [0.2, 0.25) is 0 Å². The van der Waals surface area contributed by atoms with Gasteiger partial charge in [0, 0.05) is 10.7 Å². The van der Waals surface area contributed by atoms with Crippen LogP contribution in [0.15, 0.2) is 59.7 Å². The molecule has 0 saturated heterocycles. The zero-order valence-electron chi connectivity index (χ0n) is 10.8. The molecule has 4 nitrogen and oxygen atoms in total. The molecule has 2 aromatic carbocycles. The van der Waals surface area contributed by atoms with Gasteiger partial charge >= 0.3 is 0 Å². The van der Waals surface area contributed by atoms with Crippen molar-refractivity contribution < 1.29 is 0 Å². The SMILES string of the molecule is O=c1c2ccccc2ncn1C(=S)Nc1ccc(Cl)cc1. The third-order valence-corrected chi connectivity index (χ3v) is 3.53. The normalized spacial score (nSPS) is 10.5. The molecule has 0 aliphatic carbocycles. The zero-order valence-corrected chi connectivity index (χ0v) is 12.4. The number of nitrogens with one attached hydrogen (secondary N) is 1. The van der Waals surface area contributed by atoms with Crippen LogP contribution in [0.1, 0.15) is 0 Å². The first-order valence-electron chi connectivity index (χ1n) is 6.18. The molecule has 0 spiro atoms. The number of halogens is 1. The highest BCUT2D eigenvalue weighted by molar-refractivity contribution is 7.80. The molecule has 3 rings (SSSR count). The second kappa shape index (κ2) is 5.63. The highest BCUT2D eigenvalue weighted by Crippen LogP contribution is 2.13. The van der Waals surface area contributed by atoms with Gasteiger partial charge in [0.25, 0.3) is 5.56 Å². The summed E-state index contributed by atoms with van der Waals surface area (Å²) in [7, 11) is 0. The summed E-state index contributed by atoms with van der Waals surface area (Å²) in [6, 6.07) is 14.2. The van der Waals surface area contributed by atoms with Gasteiger partial charge in [-0.25, -0.2) is 9.55 Å². The first-order valence-corrected chi connectivity index (χ1v) is 6.97. The first kappa shape index (κ1) is 13.7. The minimum atomic E-state index is -0.202. The van der Waals surface area contributed by atoms with Crippen molar-refractivity contribution >= 4 is 45.5 Å². The van der Waals surface area contributed by atoms with Crippen LogP contribution in [0.25, 0.3) is 10.9 Å². The van der Waals surface area contributed by atoms with Crippen molar-refractivity contribution in [1.29, 1.82) is 0 Å². The van der Waals surface area contributed by atoms with Crippen LogP contribution in [-0.4, -0.2) is 14.7 Å². The van der Waals surface area contributed by atoms with Gasteiger partial charge in [-0.2, -0.15) is 0 Å². The summed E-state index contributed by atoms with van der Waals surface area (Å²) < 4.78 is 1.31. The van der Waals surface area contributed by atoms with Gasteiger partial charge in [-0.1, -0.05) is 23.7 Å². The minimum Gasteiger partial charge on any atom is -0.332 e. The molecule has 1 N–H and O–H groups in total. The molecule has 0 atom stereocenters. The van der Waals surface area contributed by atoms with Gasteiger partial charge < -0.3 is 5.32 Å². The average molecular weight is 316 g/mol. The Morgan fingerprint density at radius 3 is 2.62 bits per heavy atom. The van der Waals surface area contributed by atoms with Crippen LogP contribution >= 0.6 is 23.8 Å². The van der Waals surface area contributed by atoms with Crippen molar-refractivity contribution in [2.24, 2.45) is 0 Å². The Hall–Kier alpha value is -2.24. The summed E-state index contributed by atoms with van der Waals surface area (Å²) in [6.45, 7) is 0. The summed E-state index contributed by atoms with van der Waals surface area (Å²) in [4.78, 5) is 16.6. The number of benzene rings is 2. The fraction of sp³-hybridized carbons (Fsp3) is 0. The van der Waals surface area contributed by atoms with E-state index in [-0.39, 0.29) is 10.7 Å². The molecule has 0 bridgehead atoms. The van der Waals surface area contributed by atoms with Crippen molar-refractivity contribution in [3.05, 3.63) is 70.2 Å². The van der Waals surface area contributed by atoms with Crippen molar-refractivity contribution in [1.82, 2.24) is 9.55 Å². The van der Waals surface area contributed by atoms with Crippen LogP contribution in [0.2, 0.25) is 5.02 Å². The fourth-order valence-electron chi connectivity index (χ4n) is 1.93. The van der Waals surface area contributed by atoms with Gasteiger partial charge in [-0.15, -0.1) is 0 Å². The van der Waals surface area contributed by atoms with E-state index in [4.69, 9.17) is 23.8 Å². The number of nitrogens with zero attached hydrogens (tertiary/aromatic N) is 2. The van der Waals surface area contributed by atoms with Crippen LogP contribution in [0.5, 0.6) is 0 Å². The molecule has 6 heteroatoms. The maximum absolute atomic E-state index is 12.4. The summed E-state index contributed by atoms with van der Waals surface area (Å²) in [5.74, 6) is 0. The molecule has 0 fully saturated rings. The predicted octanol–water partition coefficient (Wildman–Crippen LogP) is 3.30. The van der Waals surface area contributed by atoms with Crippen LogP contribution < -0.4 is 10.9 Å². The lowest BCUT2D eigenvalue weighted by atomic mass is 10.2. The maximum atomic E-state index is 12.4. The van der Waals surface area contributed by atoms with E-state index in [9.17, 15) is 4.79 Å². The minimum absolute atomic E-state index is 0.202. The summed E-state index contributed by atoms with van der Waals surface area (Å²) in [5, 5.41) is 4.41. The lowest BCUT2D eigenvalue weighted by molar-refractivity contribution is 1.03. The van der Waals surface area contributed by atoms with E-state index < -0.39 is 0 Å². The van der Waals surface area contributed by atoms with E-state index >= 15 is 0 Å². The number of para-hydroxylation sites is 1. The third-order valence-electron chi connectivity index (χ3n) is 2.98. The Labute approximate surface area is 131 Å². The Bertz CT molecular complexity index is 874. The Morgan fingerprint density at radius 2 is 1.86 bits per heavy atom. The Kier molecular flexibility index (Phi) is 3.68. The number of aromatic nitrogens is 2. The maximum Gasteiger partial charge on any atom is 0.267 e. The van der Waals surface area contributed by atoms with Gasteiger partial charge in [-0.05, 0) is 48.6 Å². The van der Waals surface area contributed by atoms with E-state index in [0.29, 0.717) is 15.9 Å². The van der Waals surface area contributed by atoms with Crippen LogP contribution in [0, 0.1) is 0 Å². The lowest BCUT2D eigenvalue weighted by Crippen LogP contribution is -2.31. The van der Waals surface area contributed by atoms with E-state index in [1.54, 1.807) is 42.5 Å². The van der Waals surface area contributed by atoms with Gasteiger partial charge in [0.1, 0.15) is 6.33 Å². The van der Waals surface area contributed by atoms with E-state index in [1.807, 2.05) is 6.07 Å². The number of hydrogen-bond donors (Lipinski definition) is 1. The third kappa shape index (κ3) is 2.79. The molecule has 0 aliphatic heterocycles. The van der Waals surface area contributed by atoms with E-state index in [0.717, 1.165) is 5.69 Å². The van der Waals surface area contributed by atoms with Crippen LogP contribution in [0.4, 0.5) is 5.69 Å². The summed E-state index contributed by atoms with van der Waals surface area (Å²) >= 11 is 11.1. The number of thiocarbonyl (C=S) groups is 1.